The Morgan fingerprint density at radius 2 is 0.850 bits per heavy atom. The van der Waals surface area contributed by atoms with E-state index < -0.39 is 123 Å². The monoisotopic (exact) mass is 858 g/mol. The highest BCUT2D eigenvalue weighted by Crippen LogP contribution is 2.36. The number of rotatable bonds is 12. The molecule has 0 radical (unpaired) electrons. The molecule has 6 heterocycles. The minimum Gasteiger partial charge on any atom is -0.508 e. The second-order valence-corrected chi connectivity index (χ2v) is 17.2. The summed E-state index contributed by atoms with van der Waals surface area (Å²) in [6.45, 7) is 10.7. The van der Waals surface area contributed by atoms with Gasteiger partial charge < -0.3 is 87.5 Å². The summed E-state index contributed by atoms with van der Waals surface area (Å²) in [7, 11) is 0. The van der Waals surface area contributed by atoms with Crippen LogP contribution in [0.3, 0.4) is 0 Å². The summed E-state index contributed by atoms with van der Waals surface area (Å²) >= 11 is 0. The lowest BCUT2D eigenvalue weighted by Gasteiger charge is -2.45. The van der Waals surface area contributed by atoms with Crippen molar-refractivity contribution in [3.63, 3.8) is 0 Å². The van der Waals surface area contributed by atoms with Gasteiger partial charge in [-0.2, -0.15) is 0 Å². The molecule has 22 atom stereocenters. The van der Waals surface area contributed by atoms with Crippen LogP contribution in [-0.4, -0.2) is 166 Å². The fourth-order valence-electron chi connectivity index (χ4n) is 8.87. The van der Waals surface area contributed by atoms with E-state index in [2.05, 4.69) is 0 Å². The van der Waals surface area contributed by atoms with Gasteiger partial charge in [-0.1, -0.05) is 0 Å². The second kappa shape index (κ2) is 20.3. The average molecular weight is 859 g/mol. The Bertz CT molecular complexity index is 1460. The molecule has 7 rings (SSSR count). The molecule has 1 aromatic carbocycles. The Balaban J connectivity index is 0.858. The largest absolute Gasteiger partial charge is 0.508 e. The number of phenols is 1. The van der Waals surface area contributed by atoms with Crippen molar-refractivity contribution in [2.24, 2.45) is 0 Å². The van der Waals surface area contributed by atoms with Crippen LogP contribution >= 0.6 is 0 Å². The third-order valence-electron chi connectivity index (χ3n) is 12.5. The molecule has 18 nitrogen and oxygen atoms in total. The Morgan fingerprint density at radius 3 is 1.40 bits per heavy atom. The Kier molecular flexibility index (Phi) is 15.7. The number of ether oxygens (including phenoxy) is 12. The van der Waals surface area contributed by atoms with E-state index >= 15 is 0 Å². The Hall–Kier alpha value is -1.82. The lowest BCUT2D eigenvalue weighted by Crippen LogP contribution is -2.56. The molecule has 0 spiro atoms. The van der Waals surface area contributed by atoms with E-state index in [-0.39, 0.29) is 43.6 Å². The summed E-state index contributed by atoms with van der Waals surface area (Å²) in [5.41, 5.74) is 0. The molecule has 6 aliphatic heterocycles. The van der Waals surface area contributed by atoms with Crippen LogP contribution in [0.4, 0.5) is 0 Å². The first-order valence-electron chi connectivity index (χ1n) is 21.7. The summed E-state index contributed by atoms with van der Waals surface area (Å²) < 4.78 is 73.4. The second-order valence-electron chi connectivity index (χ2n) is 17.2. The molecule has 6 saturated heterocycles. The molecule has 0 bridgehead atoms. The van der Waals surface area contributed by atoms with Gasteiger partial charge in [0.1, 0.15) is 35.9 Å². The molecule has 0 aromatic heterocycles. The number of hydrogen-bond acceptors (Lipinski definition) is 18. The van der Waals surface area contributed by atoms with Crippen LogP contribution in [0.1, 0.15) is 92.9 Å². The van der Waals surface area contributed by atoms with Crippen molar-refractivity contribution in [2.75, 3.05) is 0 Å². The quantitative estimate of drug-likeness (QED) is 0.177. The minimum absolute atomic E-state index is 0.107. The van der Waals surface area contributed by atoms with E-state index in [1.165, 1.54) is 12.1 Å². The summed E-state index contributed by atoms with van der Waals surface area (Å²) in [6, 6.07) is 6.26. The van der Waals surface area contributed by atoms with Gasteiger partial charge in [0.15, 0.2) is 31.5 Å². The van der Waals surface area contributed by atoms with Crippen molar-refractivity contribution in [1.82, 2.24) is 0 Å². The Morgan fingerprint density at radius 1 is 0.417 bits per heavy atom. The fraction of sp³-hybridized carbons (Fsp3) is 0.857. The number of aliphatic hydroxyl groups excluding tert-OH is 5. The third kappa shape index (κ3) is 11.5. The Labute approximate surface area is 351 Å². The molecule has 0 saturated carbocycles. The third-order valence-corrected chi connectivity index (χ3v) is 12.5. The van der Waals surface area contributed by atoms with Crippen LogP contribution in [-0.2, 0) is 52.1 Å². The molecule has 6 fully saturated rings. The maximum Gasteiger partial charge on any atom is 0.202 e. The molecule has 0 aliphatic carbocycles. The highest BCUT2D eigenvalue weighted by Gasteiger charge is 2.47. The smallest absolute Gasteiger partial charge is 0.202 e. The van der Waals surface area contributed by atoms with Crippen LogP contribution in [0.5, 0.6) is 11.5 Å². The normalized spacial score (nSPS) is 48.0. The maximum absolute atomic E-state index is 11.2. The predicted molar refractivity (Wildman–Crippen MR) is 206 cm³/mol. The van der Waals surface area contributed by atoms with Crippen LogP contribution in [0, 0.1) is 0 Å². The van der Waals surface area contributed by atoms with E-state index in [1.54, 1.807) is 46.8 Å². The summed E-state index contributed by atoms with van der Waals surface area (Å²) in [4.78, 5) is 0. The van der Waals surface area contributed by atoms with Gasteiger partial charge in [-0.25, -0.2) is 0 Å². The average Bonchev–Trinajstić information content (AvgIpc) is 3.19. The molecule has 6 N–H and O–H groups in total. The molecule has 0 unspecified atom stereocenters. The van der Waals surface area contributed by atoms with Crippen LogP contribution in [0.25, 0.3) is 0 Å². The molecule has 60 heavy (non-hydrogen) atoms. The number of benzene rings is 1. The lowest BCUT2D eigenvalue weighted by atomic mass is 9.99. The minimum atomic E-state index is -0.958. The first-order chi connectivity index (χ1) is 28.6. The molecule has 6 aliphatic rings. The number of hydrogen-bond donors (Lipinski definition) is 6. The summed E-state index contributed by atoms with van der Waals surface area (Å²) in [6.07, 6.45) is -11.9. The first kappa shape index (κ1) is 46.2. The van der Waals surface area contributed by atoms with Gasteiger partial charge >= 0.3 is 0 Å². The molecule has 18 heteroatoms. The van der Waals surface area contributed by atoms with E-state index in [9.17, 15) is 30.6 Å². The highest BCUT2D eigenvalue weighted by atomic mass is 16.8. The van der Waals surface area contributed by atoms with E-state index in [4.69, 9.17) is 56.8 Å². The van der Waals surface area contributed by atoms with Crippen LogP contribution in [0.15, 0.2) is 24.3 Å². The lowest BCUT2D eigenvalue weighted by molar-refractivity contribution is -0.339. The van der Waals surface area contributed by atoms with Crippen molar-refractivity contribution in [2.45, 2.75) is 228 Å². The van der Waals surface area contributed by atoms with Gasteiger partial charge in [0, 0.05) is 38.5 Å². The molecule has 342 valence electrons. The van der Waals surface area contributed by atoms with Crippen molar-refractivity contribution in [3.8, 4) is 11.5 Å². The predicted octanol–water partition coefficient (Wildman–Crippen LogP) is 2.09. The fourth-order valence-corrected chi connectivity index (χ4v) is 8.87. The summed E-state index contributed by atoms with van der Waals surface area (Å²) in [5.74, 6) is 0.611. The SMILES string of the molecule is C[C@@H]1O[C@@H](O[C@H]2[C@H](O)C[C@H](O[C@@H]3C[C@H](Oc4ccc(O)cc4)O[C@H](C)[C@H]3O)O[C@@H]2C)CC[C@@H]1O[C@H]1C[C@@H](O[C@H]2C[C@@H](O[C@H]3CC[C@H](O)[C@H](C)O3)[C@H](O)[C@@H](C)O2)[C@H](O)[C@@H](C)O1. The van der Waals surface area contributed by atoms with Crippen LogP contribution in [0.2, 0.25) is 0 Å². The van der Waals surface area contributed by atoms with E-state index in [1.807, 2.05) is 6.92 Å². The van der Waals surface area contributed by atoms with Crippen LogP contribution < -0.4 is 4.74 Å². The van der Waals surface area contributed by atoms with Crippen molar-refractivity contribution >= 4 is 0 Å². The zero-order chi connectivity index (χ0) is 42.8. The van der Waals surface area contributed by atoms with Gasteiger partial charge in [0.05, 0.1) is 73.2 Å². The topological polar surface area (TPSA) is 232 Å². The standard InChI is InChI=1S/C42H66O18/c1-19-27(44)11-13-33(49-19)57-30-17-38(53-22(4)39(30)46)59-32-18-37(52-23(5)41(32)48)56-29-12-14-34(50-20(29)2)60-42-24(6)54-35(15-28(42)45)58-31-16-36(51-21(3)40(31)47)55-26-9-7-25(43)8-10-26/h7-10,19-24,27-48H,11-18H2,1-6H3/t19-,20-,21+,22+,23+,24+,27-,28+,29-,30+,31+,32+,33-,34-,35-,36-,37-,38-,39+,40+,41+,42+/m0/s1. The van der Waals surface area contributed by atoms with E-state index in [0.29, 0.717) is 31.4 Å². The number of aromatic hydroxyl groups is 1. The van der Waals surface area contributed by atoms with Gasteiger partial charge in [-0.15, -0.1) is 0 Å². The number of aliphatic hydroxyl groups is 5. The summed E-state index contributed by atoms with van der Waals surface area (Å²) in [5, 5.41) is 63.6. The molecule has 1 aromatic rings. The van der Waals surface area contributed by atoms with Crippen molar-refractivity contribution in [3.05, 3.63) is 24.3 Å². The molecular weight excluding hydrogens is 792 g/mol. The highest BCUT2D eigenvalue weighted by molar-refractivity contribution is 5.30. The first-order valence-corrected chi connectivity index (χ1v) is 21.7. The zero-order valence-electron chi connectivity index (χ0n) is 35.3. The van der Waals surface area contributed by atoms with E-state index in [0.717, 1.165) is 0 Å². The molecular formula is C42H66O18. The van der Waals surface area contributed by atoms with Gasteiger partial charge in [-0.05, 0) is 78.6 Å². The van der Waals surface area contributed by atoms with Gasteiger partial charge in [0.25, 0.3) is 0 Å². The maximum atomic E-state index is 11.2. The zero-order valence-corrected chi connectivity index (χ0v) is 35.3. The number of phenolic OH excluding ortho intramolecular Hbond substituents is 1. The molecule has 0 amide bonds. The van der Waals surface area contributed by atoms with Gasteiger partial charge in [-0.3, -0.25) is 0 Å². The van der Waals surface area contributed by atoms with Crippen molar-refractivity contribution in [1.29, 1.82) is 0 Å². The van der Waals surface area contributed by atoms with Gasteiger partial charge in [0.2, 0.25) is 6.29 Å². The van der Waals surface area contributed by atoms with Crippen molar-refractivity contribution < 1.29 is 87.5 Å².